The van der Waals surface area contributed by atoms with Crippen LogP contribution in [0, 0.1) is 11.8 Å². The minimum Gasteiger partial charge on any atom is -0.508 e. The van der Waals surface area contributed by atoms with E-state index in [2.05, 4.69) is 63.1 Å². The number of aromatic hydroxyl groups is 1. The Bertz CT molecular complexity index is 2890. The lowest BCUT2D eigenvalue weighted by atomic mass is 10.0. The Morgan fingerprint density at radius 1 is 0.593 bits per heavy atom. The summed E-state index contributed by atoms with van der Waals surface area (Å²) in [5.41, 5.74) is 18.9. The second-order valence-electron chi connectivity index (χ2n) is 22.5. The Balaban J connectivity index is 1.80. The van der Waals surface area contributed by atoms with E-state index in [4.69, 9.17) is 17.2 Å². The average Bonchev–Trinajstić information content (AvgIpc) is 2.19. The van der Waals surface area contributed by atoms with Crippen molar-refractivity contribution in [3.05, 3.63) is 83.9 Å². The summed E-state index contributed by atoms with van der Waals surface area (Å²) in [7, 11) is 0. The van der Waals surface area contributed by atoms with Gasteiger partial charge in [0.25, 0.3) is 0 Å². The van der Waals surface area contributed by atoms with Gasteiger partial charge in [-0.25, -0.2) is 4.98 Å². The van der Waals surface area contributed by atoms with Crippen LogP contribution in [0.1, 0.15) is 90.0 Å². The standard InChI is InChI=1S/C59H89N15O16S/c1-31(2)22-41(53(84)67-39(50(62)81)19-21-91-6)66-46(78)28-64-58(89)48(32(3)4)73-56(87)42(24-34-12-8-7-9-13-34)70-57(88)45(29-75)72-55(86)44(26-47(79)80)71-59(90)49(33(5)76)74-52(83)40(14-10-11-20-60)68-54(85)43(25-36-27-63-30-65-36)69-51(82)38(61)23-35-15-17-37(77)18-16-35/h7-9,12-13,15-18,27,30-33,38-45,48-49,75-77H,10-11,14,19-26,28-29,60-61H2,1-6H3,(H2,62,81)(H,63,65)(H,64,89)(H,66,78)(H,67,84)(H,68,85)(H,69,82)(H,70,88)(H,71,90)(H,72,86)(H,73,87)(H,74,83)(H,79,80). The Morgan fingerprint density at radius 2 is 1.13 bits per heavy atom. The first-order valence-corrected chi connectivity index (χ1v) is 31.0. The smallest absolute Gasteiger partial charge is 0.305 e. The van der Waals surface area contributed by atoms with Crippen LogP contribution in [0.2, 0.25) is 0 Å². The van der Waals surface area contributed by atoms with E-state index in [9.17, 15) is 78.0 Å². The number of unbranched alkanes of at least 4 members (excludes halogenated alkanes) is 1. The van der Waals surface area contributed by atoms with Crippen molar-refractivity contribution in [2.24, 2.45) is 29.0 Å². The van der Waals surface area contributed by atoms with Gasteiger partial charge in [-0.05, 0) is 99.1 Å². The molecule has 3 aromatic rings. The quantitative estimate of drug-likeness (QED) is 0.0240. The predicted octanol–water partition coefficient (Wildman–Crippen LogP) is -4.13. The van der Waals surface area contributed by atoms with E-state index in [0.29, 0.717) is 29.0 Å². The molecule has 1 heterocycles. The molecule has 502 valence electrons. The van der Waals surface area contributed by atoms with Crippen molar-refractivity contribution in [3.63, 3.8) is 0 Å². The van der Waals surface area contributed by atoms with Crippen molar-refractivity contribution in [2.45, 2.75) is 159 Å². The summed E-state index contributed by atoms with van der Waals surface area (Å²) in [4.78, 5) is 169. The van der Waals surface area contributed by atoms with E-state index in [-0.39, 0.29) is 63.2 Å². The molecule has 0 bridgehead atoms. The van der Waals surface area contributed by atoms with Gasteiger partial charge in [-0.3, -0.25) is 57.5 Å². The van der Waals surface area contributed by atoms with E-state index < -0.39 is 163 Å². The molecule has 0 saturated carbocycles. The molecule has 21 N–H and O–H groups in total. The number of aromatic nitrogens is 2. The first-order chi connectivity index (χ1) is 43.1. The number of H-pyrrole nitrogens is 1. The molecular weight excluding hydrogens is 1210 g/mol. The van der Waals surface area contributed by atoms with Crippen LogP contribution in [0.4, 0.5) is 0 Å². The molecule has 0 fully saturated rings. The third kappa shape index (κ3) is 27.5. The van der Waals surface area contributed by atoms with Crippen LogP contribution in [0.25, 0.3) is 0 Å². The van der Waals surface area contributed by atoms with E-state index in [1.807, 2.05) is 20.1 Å². The van der Waals surface area contributed by atoms with Crippen molar-refractivity contribution in [1.82, 2.24) is 63.1 Å². The molecule has 11 unspecified atom stereocenters. The molecule has 0 spiro atoms. The Kier molecular flexibility index (Phi) is 33.1. The van der Waals surface area contributed by atoms with Crippen molar-refractivity contribution < 1.29 is 78.0 Å². The maximum atomic E-state index is 14.2. The molecule has 31 nitrogen and oxygen atoms in total. The SMILES string of the molecule is CSCCC(NC(=O)C(CC(C)C)NC(=O)CNC(=O)C(NC(=O)C(Cc1ccccc1)NC(=O)C(CO)NC(=O)C(CC(=O)O)NC(=O)C(NC(=O)C(CCCCN)NC(=O)C(Cc1cnc[nH]1)NC(=O)C(N)Cc1ccc(O)cc1)C(C)O)C(C)C)C(N)=O. The first-order valence-electron chi connectivity index (χ1n) is 29.6. The van der Waals surface area contributed by atoms with E-state index in [1.165, 1.54) is 36.4 Å². The molecule has 0 radical (unpaired) electrons. The summed E-state index contributed by atoms with van der Waals surface area (Å²) in [5.74, 6) is -12.4. The molecule has 0 aliphatic heterocycles. The number of amides is 11. The highest BCUT2D eigenvalue weighted by Gasteiger charge is 2.37. The second-order valence-corrected chi connectivity index (χ2v) is 23.5. The highest BCUT2D eigenvalue weighted by atomic mass is 32.2. The third-order valence-electron chi connectivity index (χ3n) is 14.0. The third-order valence-corrected chi connectivity index (χ3v) is 14.7. The number of aliphatic hydroxyl groups is 2. The molecule has 32 heteroatoms. The molecule has 0 aliphatic carbocycles. The molecular formula is C59H89N15O16S. The Hall–Kier alpha value is -8.72. The zero-order chi connectivity index (χ0) is 67.9. The fourth-order valence-corrected chi connectivity index (χ4v) is 9.50. The number of carboxylic acid groups (broad SMARTS) is 1. The molecule has 0 aliphatic rings. The van der Waals surface area contributed by atoms with Crippen LogP contribution in [0.5, 0.6) is 5.75 Å². The van der Waals surface area contributed by atoms with Gasteiger partial charge in [-0.1, -0.05) is 70.2 Å². The number of aliphatic carboxylic acids is 1. The summed E-state index contributed by atoms with van der Waals surface area (Å²) in [5, 5.41) is 65.3. The molecule has 11 atom stereocenters. The Labute approximate surface area is 531 Å². The number of aliphatic hydroxyl groups excluding tert-OH is 2. The average molecular weight is 1300 g/mol. The van der Waals surface area contributed by atoms with Crippen LogP contribution < -0.4 is 70.4 Å². The number of hydrogen-bond acceptors (Lipinski definition) is 19. The van der Waals surface area contributed by atoms with Crippen LogP contribution in [0.15, 0.2) is 67.1 Å². The van der Waals surface area contributed by atoms with Gasteiger partial charge in [0.05, 0.1) is 38.0 Å². The lowest BCUT2D eigenvalue weighted by molar-refractivity contribution is -0.142. The van der Waals surface area contributed by atoms with Crippen LogP contribution in [0.3, 0.4) is 0 Å². The zero-order valence-electron chi connectivity index (χ0n) is 51.8. The largest absolute Gasteiger partial charge is 0.508 e. The number of primary amides is 1. The second kappa shape index (κ2) is 39.4. The van der Waals surface area contributed by atoms with E-state index in [1.54, 1.807) is 56.3 Å². The van der Waals surface area contributed by atoms with Crippen molar-refractivity contribution in [1.29, 1.82) is 0 Å². The minimum absolute atomic E-state index is 0.00537. The number of thioether (sulfide) groups is 1. The highest BCUT2D eigenvalue weighted by Crippen LogP contribution is 2.14. The maximum Gasteiger partial charge on any atom is 0.305 e. The number of nitrogens with one attached hydrogen (secondary N) is 11. The zero-order valence-corrected chi connectivity index (χ0v) is 52.6. The number of aromatic amines is 1. The van der Waals surface area contributed by atoms with Crippen LogP contribution in [-0.2, 0) is 76.8 Å². The number of carbonyl (C=O) groups is 12. The normalized spacial score (nSPS) is 14.8. The maximum absolute atomic E-state index is 14.2. The molecule has 3 rings (SSSR count). The number of phenolic OH excluding ortho intramolecular Hbond substituents is 1. The van der Waals surface area contributed by atoms with E-state index in [0.717, 1.165) is 6.92 Å². The number of benzene rings is 2. The Morgan fingerprint density at radius 3 is 1.70 bits per heavy atom. The number of rotatable bonds is 41. The van der Waals surface area contributed by atoms with Gasteiger partial charge >= 0.3 is 5.97 Å². The molecule has 91 heavy (non-hydrogen) atoms. The minimum atomic E-state index is -2.06. The monoisotopic (exact) mass is 1300 g/mol. The summed E-state index contributed by atoms with van der Waals surface area (Å²) in [6.07, 6.45) is 2.23. The van der Waals surface area contributed by atoms with Crippen molar-refractivity contribution >= 4 is 82.7 Å². The number of phenols is 1. The summed E-state index contributed by atoms with van der Waals surface area (Å²) in [6, 6.07) is -0.749. The first kappa shape index (κ1) is 76.5. The number of nitrogens with zero attached hydrogens (tertiary/aromatic N) is 1. The van der Waals surface area contributed by atoms with Crippen LogP contribution in [-0.4, -0.2) is 200 Å². The number of hydrogen-bond donors (Lipinski definition) is 18. The number of carbonyl (C=O) groups excluding carboxylic acids is 11. The number of imidazole rings is 1. The van der Waals surface area contributed by atoms with Gasteiger partial charge in [-0.15, -0.1) is 0 Å². The molecule has 1 aromatic heterocycles. The number of nitrogens with two attached hydrogens (primary N) is 3. The highest BCUT2D eigenvalue weighted by molar-refractivity contribution is 7.98. The van der Waals surface area contributed by atoms with Gasteiger partial charge in [0.1, 0.15) is 60.1 Å². The lowest BCUT2D eigenvalue weighted by Crippen LogP contribution is -2.62. The number of carboxylic acids is 1. The summed E-state index contributed by atoms with van der Waals surface area (Å²) in [6.45, 7) is 6.25. The van der Waals surface area contributed by atoms with Gasteiger partial charge in [0.15, 0.2) is 0 Å². The summed E-state index contributed by atoms with van der Waals surface area (Å²) >= 11 is 1.44. The fourth-order valence-electron chi connectivity index (χ4n) is 9.03. The fraction of sp³-hybridized carbons (Fsp3) is 0.542. The van der Waals surface area contributed by atoms with Gasteiger partial charge in [0.2, 0.25) is 65.0 Å². The molecule has 0 saturated heterocycles. The van der Waals surface area contributed by atoms with Gasteiger partial charge in [-0.2, -0.15) is 11.8 Å². The lowest BCUT2D eigenvalue weighted by Gasteiger charge is -2.28. The summed E-state index contributed by atoms with van der Waals surface area (Å²) < 4.78 is 0. The van der Waals surface area contributed by atoms with E-state index >= 15 is 0 Å². The molecule has 11 amide bonds. The van der Waals surface area contributed by atoms with Crippen LogP contribution >= 0.6 is 11.8 Å². The molecule has 2 aromatic carbocycles. The van der Waals surface area contributed by atoms with Crippen molar-refractivity contribution in [2.75, 3.05) is 31.7 Å². The van der Waals surface area contributed by atoms with Gasteiger partial charge < -0.3 is 95.8 Å². The van der Waals surface area contributed by atoms with Gasteiger partial charge in [0, 0.05) is 24.7 Å². The predicted molar refractivity (Wildman–Crippen MR) is 333 cm³/mol. The topological polar surface area (TPSA) is 513 Å². The van der Waals surface area contributed by atoms with Crippen molar-refractivity contribution in [3.8, 4) is 5.75 Å².